The quantitative estimate of drug-likeness (QED) is 0.297. The van der Waals surface area contributed by atoms with Crippen molar-refractivity contribution in [2.45, 2.75) is 6.92 Å². The van der Waals surface area contributed by atoms with Crippen molar-refractivity contribution in [2.75, 3.05) is 37.1 Å². The Kier molecular flexibility index (Phi) is 9.54. The van der Waals surface area contributed by atoms with Crippen LogP contribution < -0.4 is 11.1 Å². The molecule has 0 amide bonds. The van der Waals surface area contributed by atoms with E-state index in [0.717, 1.165) is 5.69 Å². The van der Waals surface area contributed by atoms with Gasteiger partial charge in [-0.3, -0.25) is 4.99 Å². The zero-order chi connectivity index (χ0) is 15.0. The third kappa shape index (κ3) is 10.5. The lowest BCUT2D eigenvalue weighted by molar-refractivity contribution is 0.157. The predicted molar refractivity (Wildman–Crippen MR) is 97.2 cm³/mol. The van der Waals surface area contributed by atoms with Crippen molar-refractivity contribution in [2.24, 2.45) is 10.7 Å². The second-order valence-corrected chi connectivity index (χ2v) is 6.76. The van der Waals surface area contributed by atoms with Gasteiger partial charge in [0.15, 0.2) is 5.96 Å². The van der Waals surface area contributed by atoms with Gasteiger partial charge in [0.2, 0.25) is 0 Å². The number of benzene rings is 1. The molecule has 120 valence electrons. The van der Waals surface area contributed by atoms with Crippen LogP contribution in [0.1, 0.15) is 5.56 Å². The number of halogens is 1. The van der Waals surface area contributed by atoms with Gasteiger partial charge in [-0.1, -0.05) is 17.7 Å². The molecule has 0 spiro atoms. The summed E-state index contributed by atoms with van der Waals surface area (Å²) in [6, 6.07) is 7.79. The lowest BCUT2D eigenvalue weighted by Gasteiger charge is -2.06. The maximum atomic E-state index is 10.9. The summed E-state index contributed by atoms with van der Waals surface area (Å²) >= 11 is 0. The molecule has 0 fully saturated rings. The summed E-state index contributed by atoms with van der Waals surface area (Å²) in [5, 5.41) is 2.96. The zero-order valence-corrected chi connectivity index (χ0v) is 15.4. The molecule has 0 atom stereocenters. The number of guanidine groups is 1. The molecule has 0 saturated carbocycles. The van der Waals surface area contributed by atoms with Crippen LogP contribution in [0.15, 0.2) is 29.3 Å². The number of aryl methyl sites for hydroxylation is 1. The molecule has 0 unspecified atom stereocenters. The van der Waals surface area contributed by atoms with E-state index in [1.807, 2.05) is 31.2 Å². The number of nitrogens with two attached hydrogens (primary N) is 1. The Labute approximate surface area is 143 Å². The molecule has 0 heterocycles. The lowest BCUT2D eigenvalue weighted by Crippen LogP contribution is -2.23. The van der Waals surface area contributed by atoms with Crippen molar-refractivity contribution in [3.05, 3.63) is 29.8 Å². The first-order valence-corrected chi connectivity index (χ1v) is 8.32. The highest BCUT2D eigenvalue weighted by atomic mass is 127. The molecule has 0 aliphatic heterocycles. The van der Waals surface area contributed by atoms with E-state index >= 15 is 0 Å². The van der Waals surface area contributed by atoms with E-state index in [9.17, 15) is 8.42 Å². The smallest absolute Gasteiger partial charge is 0.193 e. The monoisotopic (exact) mass is 427 g/mol. The third-order valence-electron chi connectivity index (χ3n) is 2.44. The Morgan fingerprint density at radius 1 is 1.29 bits per heavy atom. The summed E-state index contributed by atoms with van der Waals surface area (Å²) in [6.45, 7) is 2.91. The molecule has 8 heteroatoms. The fraction of sp³-hybridized carbons (Fsp3) is 0.462. The van der Waals surface area contributed by atoms with Crippen LogP contribution in [0.4, 0.5) is 5.69 Å². The standard InChI is InChI=1S/C13H21N3O3S.HI/c1-11-3-5-12(6-4-11)16-13(14)15-7-8-19-9-10-20(2,17)18;/h3-6H,7-10H2,1-2H3,(H3,14,15,16);1H. The first kappa shape index (κ1) is 20.1. The summed E-state index contributed by atoms with van der Waals surface area (Å²) in [5.74, 6) is 0.328. The number of nitrogens with one attached hydrogen (secondary N) is 1. The SMILES string of the molecule is Cc1ccc(NC(N)=NCCOCCS(C)(=O)=O)cc1.I. The molecule has 6 nitrogen and oxygen atoms in total. The van der Waals surface area contributed by atoms with E-state index in [2.05, 4.69) is 10.3 Å². The van der Waals surface area contributed by atoms with E-state index in [1.54, 1.807) is 0 Å². The van der Waals surface area contributed by atoms with Crippen molar-refractivity contribution >= 4 is 45.5 Å². The highest BCUT2D eigenvalue weighted by Gasteiger charge is 2.00. The average molecular weight is 427 g/mol. The van der Waals surface area contributed by atoms with Crippen LogP contribution in [0.5, 0.6) is 0 Å². The highest BCUT2D eigenvalue weighted by molar-refractivity contribution is 14.0. The number of hydrogen-bond donors (Lipinski definition) is 2. The molecule has 0 radical (unpaired) electrons. The van der Waals surface area contributed by atoms with Crippen molar-refractivity contribution < 1.29 is 13.2 Å². The zero-order valence-electron chi connectivity index (χ0n) is 12.2. The highest BCUT2D eigenvalue weighted by Crippen LogP contribution is 2.07. The Bertz CT molecular complexity index is 544. The van der Waals surface area contributed by atoms with Gasteiger partial charge in [0, 0.05) is 11.9 Å². The molecule has 1 rings (SSSR count). The van der Waals surface area contributed by atoms with E-state index in [-0.39, 0.29) is 36.3 Å². The minimum absolute atomic E-state index is 0. The Balaban J connectivity index is 0.00000400. The number of sulfone groups is 1. The maximum absolute atomic E-state index is 10.9. The third-order valence-corrected chi connectivity index (χ3v) is 3.35. The molecular formula is C13H22IN3O3S. The van der Waals surface area contributed by atoms with Crippen molar-refractivity contribution in [3.63, 3.8) is 0 Å². The van der Waals surface area contributed by atoms with Crippen LogP contribution in [0.2, 0.25) is 0 Å². The predicted octanol–water partition coefficient (Wildman–Crippen LogP) is 1.40. The molecule has 0 aromatic heterocycles. The maximum Gasteiger partial charge on any atom is 0.193 e. The van der Waals surface area contributed by atoms with Crippen LogP contribution in [0.25, 0.3) is 0 Å². The second-order valence-electron chi connectivity index (χ2n) is 4.50. The van der Waals surface area contributed by atoms with Gasteiger partial charge in [-0.25, -0.2) is 8.42 Å². The molecule has 0 aliphatic carbocycles. The first-order chi connectivity index (χ1) is 9.37. The van der Waals surface area contributed by atoms with E-state index in [4.69, 9.17) is 10.5 Å². The molecule has 1 aromatic rings. The second kappa shape index (κ2) is 9.96. The van der Waals surface area contributed by atoms with Crippen LogP contribution in [-0.2, 0) is 14.6 Å². The molecule has 21 heavy (non-hydrogen) atoms. The lowest BCUT2D eigenvalue weighted by atomic mass is 10.2. The normalized spacial score (nSPS) is 11.8. The Hall–Kier alpha value is -0.870. The van der Waals surface area contributed by atoms with Crippen molar-refractivity contribution in [3.8, 4) is 0 Å². The van der Waals surface area contributed by atoms with Gasteiger partial charge in [0.25, 0.3) is 0 Å². The molecule has 1 aromatic carbocycles. The topological polar surface area (TPSA) is 93.8 Å². The summed E-state index contributed by atoms with van der Waals surface area (Å²) in [4.78, 5) is 4.08. The molecule has 3 N–H and O–H groups in total. The first-order valence-electron chi connectivity index (χ1n) is 6.26. The number of ether oxygens (including phenoxy) is 1. The van der Waals surface area contributed by atoms with Gasteiger partial charge < -0.3 is 15.8 Å². The Morgan fingerprint density at radius 3 is 2.48 bits per heavy atom. The van der Waals surface area contributed by atoms with Gasteiger partial charge in [-0.15, -0.1) is 24.0 Å². The number of hydrogen-bond acceptors (Lipinski definition) is 4. The summed E-state index contributed by atoms with van der Waals surface area (Å²) in [7, 11) is -2.97. The van der Waals surface area contributed by atoms with Gasteiger partial charge in [0.1, 0.15) is 9.84 Å². The van der Waals surface area contributed by atoms with E-state index in [0.29, 0.717) is 19.1 Å². The fourth-order valence-corrected chi connectivity index (χ4v) is 1.79. The average Bonchev–Trinajstić information content (AvgIpc) is 2.35. The van der Waals surface area contributed by atoms with Crippen LogP contribution >= 0.6 is 24.0 Å². The minimum Gasteiger partial charge on any atom is -0.378 e. The Morgan fingerprint density at radius 2 is 1.90 bits per heavy atom. The van der Waals surface area contributed by atoms with Crippen molar-refractivity contribution in [1.82, 2.24) is 0 Å². The van der Waals surface area contributed by atoms with Crippen LogP contribution in [0.3, 0.4) is 0 Å². The van der Waals surface area contributed by atoms with Gasteiger partial charge in [-0.05, 0) is 19.1 Å². The van der Waals surface area contributed by atoms with Crippen molar-refractivity contribution in [1.29, 1.82) is 0 Å². The molecule has 0 bridgehead atoms. The van der Waals surface area contributed by atoms with Crippen LogP contribution in [0, 0.1) is 6.92 Å². The fourth-order valence-electron chi connectivity index (χ4n) is 1.37. The van der Waals surface area contributed by atoms with Gasteiger partial charge in [-0.2, -0.15) is 0 Å². The number of nitrogens with zero attached hydrogens (tertiary/aromatic N) is 1. The van der Waals surface area contributed by atoms with Gasteiger partial charge in [0.05, 0.1) is 25.5 Å². The molecule has 0 saturated heterocycles. The summed E-state index contributed by atoms with van der Waals surface area (Å²) < 4.78 is 26.9. The summed E-state index contributed by atoms with van der Waals surface area (Å²) in [6.07, 6.45) is 1.18. The van der Waals surface area contributed by atoms with Crippen LogP contribution in [-0.4, -0.2) is 46.1 Å². The largest absolute Gasteiger partial charge is 0.378 e. The number of rotatable bonds is 7. The van der Waals surface area contributed by atoms with E-state index < -0.39 is 9.84 Å². The number of aliphatic imine (C=N–C) groups is 1. The number of anilines is 1. The molecule has 0 aliphatic rings. The van der Waals surface area contributed by atoms with E-state index in [1.165, 1.54) is 11.8 Å². The summed E-state index contributed by atoms with van der Waals surface area (Å²) in [5.41, 5.74) is 7.76. The minimum atomic E-state index is -2.97. The molecular weight excluding hydrogens is 405 g/mol. The van der Waals surface area contributed by atoms with Gasteiger partial charge >= 0.3 is 0 Å².